The molecule has 0 aromatic heterocycles. The monoisotopic (exact) mass is 526 g/mol. The lowest BCUT2D eigenvalue weighted by atomic mass is 9.79. The van der Waals surface area contributed by atoms with Crippen LogP contribution in [0.3, 0.4) is 0 Å². The van der Waals surface area contributed by atoms with Gasteiger partial charge in [0.25, 0.3) is 6.43 Å². The van der Waals surface area contributed by atoms with Crippen molar-refractivity contribution in [2.45, 2.75) is 90.3 Å². The zero-order valence-corrected chi connectivity index (χ0v) is 22.9. The fraction of sp³-hybridized carbons (Fsp3) is 0.581. The number of alkyl halides is 2. The number of allylic oxidation sites excluding steroid dienone is 4. The molecule has 5 nitrogen and oxygen atoms in total. The summed E-state index contributed by atoms with van der Waals surface area (Å²) >= 11 is 0. The Morgan fingerprint density at radius 1 is 1.24 bits per heavy atom. The van der Waals surface area contributed by atoms with E-state index in [-0.39, 0.29) is 5.56 Å². The van der Waals surface area contributed by atoms with Crippen molar-refractivity contribution in [3.8, 4) is 0 Å². The summed E-state index contributed by atoms with van der Waals surface area (Å²) in [5.41, 5.74) is 13.7. The molecule has 208 valence electrons. The number of benzene rings is 1. The molecule has 4 rings (SSSR count). The smallest absolute Gasteiger partial charge is 0.264 e. The second kappa shape index (κ2) is 13.1. The van der Waals surface area contributed by atoms with Crippen LogP contribution >= 0.6 is 0 Å². The summed E-state index contributed by atoms with van der Waals surface area (Å²) in [5.74, 6) is 0.641. The van der Waals surface area contributed by atoms with Crippen LogP contribution in [0.15, 0.2) is 41.0 Å². The van der Waals surface area contributed by atoms with E-state index in [0.717, 1.165) is 82.3 Å². The highest BCUT2D eigenvalue weighted by molar-refractivity contribution is 6.09. The van der Waals surface area contributed by atoms with Crippen LogP contribution in [-0.4, -0.2) is 43.2 Å². The molecule has 0 spiro atoms. The number of piperidine rings is 1. The fourth-order valence-electron chi connectivity index (χ4n) is 6.45. The van der Waals surface area contributed by atoms with Gasteiger partial charge in [-0.15, -0.1) is 0 Å². The highest BCUT2D eigenvalue weighted by Crippen LogP contribution is 2.41. The highest BCUT2D eigenvalue weighted by atomic mass is 19.3. The molecule has 1 aromatic carbocycles. The average molecular weight is 527 g/mol. The molecule has 2 aliphatic heterocycles. The molecule has 0 saturated carbocycles. The minimum atomic E-state index is -2.64. The van der Waals surface area contributed by atoms with Crippen molar-refractivity contribution < 1.29 is 13.9 Å². The summed E-state index contributed by atoms with van der Waals surface area (Å²) in [6.07, 6.45) is 9.78. The van der Waals surface area contributed by atoms with Gasteiger partial charge in [-0.1, -0.05) is 30.2 Å². The zero-order chi connectivity index (χ0) is 27.2. The van der Waals surface area contributed by atoms with Gasteiger partial charge in [0.1, 0.15) is 0 Å². The van der Waals surface area contributed by atoms with Gasteiger partial charge < -0.3 is 26.5 Å². The van der Waals surface area contributed by atoms with Crippen LogP contribution in [0.5, 0.6) is 0 Å². The van der Waals surface area contributed by atoms with E-state index < -0.39 is 18.7 Å². The second-order valence-electron chi connectivity index (χ2n) is 11.1. The Morgan fingerprint density at radius 3 is 2.66 bits per heavy atom. The number of anilines is 1. The van der Waals surface area contributed by atoms with Gasteiger partial charge in [-0.25, -0.2) is 8.78 Å². The van der Waals surface area contributed by atoms with Crippen molar-refractivity contribution in [3.05, 3.63) is 57.7 Å². The van der Waals surface area contributed by atoms with Gasteiger partial charge in [-0.3, -0.25) is 0 Å². The maximum Gasteiger partial charge on any atom is 0.264 e. The van der Waals surface area contributed by atoms with Crippen molar-refractivity contribution in [3.63, 3.8) is 0 Å². The Labute approximate surface area is 226 Å². The molecular formula is C31H44F2N4O. The predicted molar refractivity (Wildman–Crippen MR) is 153 cm³/mol. The van der Waals surface area contributed by atoms with Crippen molar-refractivity contribution in [2.75, 3.05) is 24.5 Å². The third kappa shape index (κ3) is 6.61. The van der Waals surface area contributed by atoms with E-state index in [2.05, 4.69) is 10.2 Å². The van der Waals surface area contributed by atoms with Crippen molar-refractivity contribution in [1.82, 2.24) is 5.32 Å². The maximum absolute atomic E-state index is 14.3. The number of hydrogen-bond donors (Lipinski definition) is 4. The number of aryl methyl sites for hydroxylation is 1. The number of nitrogens with one attached hydrogen (secondary N) is 2. The molecule has 1 saturated heterocycles. The molecule has 2 unspecified atom stereocenters. The van der Waals surface area contributed by atoms with Crippen LogP contribution in [0.4, 0.5) is 14.5 Å². The minimum absolute atomic E-state index is 0.0340. The first-order chi connectivity index (χ1) is 18.3. The van der Waals surface area contributed by atoms with Crippen molar-refractivity contribution in [2.24, 2.45) is 11.7 Å². The molecule has 1 aromatic rings. The molecule has 3 aliphatic rings. The maximum atomic E-state index is 14.3. The van der Waals surface area contributed by atoms with Crippen LogP contribution in [0.25, 0.3) is 5.57 Å². The van der Waals surface area contributed by atoms with Gasteiger partial charge in [0.05, 0.1) is 12.3 Å². The first-order valence-corrected chi connectivity index (χ1v) is 14.3. The molecule has 0 radical (unpaired) electrons. The Hall–Kier alpha value is -2.35. The van der Waals surface area contributed by atoms with Gasteiger partial charge in [0, 0.05) is 24.0 Å². The molecule has 2 heterocycles. The topological polar surface area (TPSA) is 85.4 Å². The van der Waals surface area contributed by atoms with E-state index in [1.165, 1.54) is 22.9 Å². The lowest BCUT2D eigenvalue weighted by Gasteiger charge is -2.40. The zero-order valence-electron chi connectivity index (χ0n) is 22.9. The van der Waals surface area contributed by atoms with Crippen LogP contribution < -0.4 is 16.0 Å². The van der Waals surface area contributed by atoms with E-state index in [1.54, 1.807) is 13.0 Å². The van der Waals surface area contributed by atoms with E-state index in [0.29, 0.717) is 23.5 Å². The van der Waals surface area contributed by atoms with Crippen LogP contribution in [0.2, 0.25) is 0 Å². The summed E-state index contributed by atoms with van der Waals surface area (Å²) in [7, 11) is 0. The molecule has 38 heavy (non-hydrogen) atoms. The molecular weight excluding hydrogens is 482 g/mol. The van der Waals surface area contributed by atoms with E-state index >= 15 is 0 Å². The van der Waals surface area contributed by atoms with Crippen LogP contribution in [0.1, 0.15) is 88.3 Å². The number of halogens is 2. The number of rotatable bonds is 9. The van der Waals surface area contributed by atoms with Gasteiger partial charge in [0.2, 0.25) is 0 Å². The first-order valence-electron chi connectivity index (χ1n) is 14.3. The van der Waals surface area contributed by atoms with E-state index in [9.17, 15) is 13.9 Å². The van der Waals surface area contributed by atoms with Gasteiger partial charge in [0.15, 0.2) is 0 Å². The molecule has 5 N–H and O–H groups in total. The van der Waals surface area contributed by atoms with Gasteiger partial charge in [-0.2, -0.15) is 0 Å². The Bertz CT molecular complexity index is 1090. The Kier molecular flexibility index (Phi) is 9.91. The normalized spacial score (nSPS) is 22.1. The molecule has 2 atom stereocenters. The van der Waals surface area contributed by atoms with Crippen molar-refractivity contribution >= 4 is 17.5 Å². The minimum Gasteiger partial charge on any atom is -0.389 e. The molecule has 1 aliphatic carbocycles. The fourth-order valence-corrected chi connectivity index (χ4v) is 6.45. The molecule has 7 heteroatoms. The standard InChI is InChI=1S/C31H44F2N4O/c1-3-5-25(19-34)26-17-24-6-4-13-37(29(24)18-28(26)30(32)33)31(35)27-16-22(14-20(2)38)7-8-23(27)15-21-9-11-36-12-10-21/h5,14,17-21,30-31,34,36,38H,3-4,6-13,15-16,35H2,1-2H3/b22-14+,25-5+,34-19?. The summed E-state index contributed by atoms with van der Waals surface area (Å²) in [6.45, 7) is 6.55. The third-order valence-corrected chi connectivity index (χ3v) is 8.31. The van der Waals surface area contributed by atoms with E-state index in [4.69, 9.17) is 11.1 Å². The molecule has 0 bridgehead atoms. The number of fused-ring (bicyclic) bond motifs is 1. The Morgan fingerprint density at radius 2 is 2.00 bits per heavy atom. The lowest BCUT2D eigenvalue weighted by Crippen LogP contribution is -2.47. The molecule has 0 amide bonds. The third-order valence-electron chi connectivity index (χ3n) is 8.31. The summed E-state index contributed by atoms with van der Waals surface area (Å²) in [4.78, 5) is 2.13. The number of aliphatic hydroxyl groups is 1. The second-order valence-corrected chi connectivity index (χ2v) is 11.1. The summed E-state index contributed by atoms with van der Waals surface area (Å²) in [5, 5.41) is 21.3. The largest absolute Gasteiger partial charge is 0.389 e. The van der Waals surface area contributed by atoms with Gasteiger partial charge in [-0.05, 0) is 118 Å². The summed E-state index contributed by atoms with van der Waals surface area (Å²) < 4.78 is 28.6. The quantitative estimate of drug-likeness (QED) is 0.225. The number of nitrogens with zero attached hydrogens (tertiary/aromatic N) is 1. The number of aliphatic hydroxyl groups excluding tert-OH is 1. The Balaban J connectivity index is 1.73. The predicted octanol–water partition coefficient (Wildman–Crippen LogP) is 6.28. The van der Waals surface area contributed by atoms with Crippen molar-refractivity contribution in [1.29, 1.82) is 5.41 Å². The average Bonchev–Trinajstić information content (AvgIpc) is 2.91. The first kappa shape index (κ1) is 28.7. The van der Waals surface area contributed by atoms with Crippen LogP contribution in [0, 0.1) is 11.3 Å². The SMILES string of the molecule is CC/C=C(\C=N)c1cc2c(cc1C(F)F)N(C(N)C1=C(CC3CCNCC3)CC/C(=C\C(C)O)C1)CCC2. The molecule has 1 fully saturated rings. The van der Waals surface area contributed by atoms with Gasteiger partial charge >= 0.3 is 0 Å². The van der Waals surface area contributed by atoms with Crippen LogP contribution in [-0.2, 0) is 6.42 Å². The number of hydrogen-bond acceptors (Lipinski definition) is 5. The summed E-state index contributed by atoms with van der Waals surface area (Å²) in [6, 6.07) is 3.50. The lowest BCUT2D eigenvalue weighted by molar-refractivity contribution is 0.151. The van der Waals surface area contributed by atoms with E-state index in [1.807, 2.05) is 25.1 Å². The number of nitrogens with two attached hydrogens (primary N) is 1. The highest BCUT2D eigenvalue weighted by Gasteiger charge is 2.31.